The number of hydrogen-bond donors (Lipinski definition) is 1. The molecule has 2 amide bonds. The lowest BCUT2D eigenvalue weighted by Gasteiger charge is -2.16. The number of imide groups is 1. The molecular formula is C19H18N4O5. The molecule has 0 radical (unpaired) electrons. The normalized spacial score (nSPS) is 13.0. The Bertz CT molecular complexity index is 986. The van der Waals surface area contributed by atoms with Crippen LogP contribution in [0.4, 0.5) is 11.4 Å². The van der Waals surface area contributed by atoms with Crippen molar-refractivity contribution in [2.24, 2.45) is 0 Å². The van der Waals surface area contributed by atoms with Gasteiger partial charge in [0.2, 0.25) is 0 Å². The lowest BCUT2D eigenvalue weighted by Crippen LogP contribution is -2.34. The van der Waals surface area contributed by atoms with E-state index in [2.05, 4.69) is 5.32 Å². The highest BCUT2D eigenvalue weighted by molar-refractivity contribution is 6.21. The summed E-state index contributed by atoms with van der Waals surface area (Å²) in [4.78, 5) is 50.1. The fourth-order valence-corrected chi connectivity index (χ4v) is 2.89. The van der Waals surface area contributed by atoms with Gasteiger partial charge >= 0.3 is 0 Å². The highest BCUT2D eigenvalue weighted by Gasteiger charge is 2.36. The van der Waals surface area contributed by atoms with Crippen molar-refractivity contribution in [3.05, 3.63) is 69.3 Å². The Balaban J connectivity index is 1.73. The standard InChI is InChI=1S/C19H18N4O5/c1-21(2)10-17(24)12-4-3-5-13(8-12)20-11-22-18(25)15-7-6-14(23(27)28)9-16(15)19(22)26/h3-9,20H,10-11H2,1-2H3. The number of amides is 2. The molecule has 0 fully saturated rings. The molecule has 2 aromatic carbocycles. The molecule has 1 N–H and O–H groups in total. The van der Waals surface area contributed by atoms with Gasteiger partial charge in [-0.3, -0.25) is 29.4 Å². The molecule has 1 heterocycles. The van der Waals surface area contributed by atoms with Crippen LogP contribution in [-0.4, -0.2) is 59.6 Å². The monoisotopic (exact) mass is 382 g/mol. The predicted octanol–water partition coefficient (Wildman–Crippen LogP) is 2.00. The van der Waals surface area contributed by atoms with Gasteiger partial charge in [0.1, 0.15) is 0 Å². The van der Waals surface area contributed by atoms with E-state index in [0.29, 0.717) is 11.3 Å². The maximum atomic E-state index is 12.5. The van der Waals surface area contributed by atoms with E-state index in [-0.39, 0.29) is 35.8 Å². The second-order valence-corrected chi connectivity index (χ2v) is 6.60. The van der Waals surface area contributed by atoms with E-state index in [1.807, 2.05) is 0 Å². The highest BCUT2D eigenvalue weighted by Crippen LogP contribution is 2.26. The van der Waals surface area contributed by atoms with E-state index in [4.69, 9.17) is 0 Å². The summed E-state index contributed by atoms with van der Waals surface area (Å²) in [6, 6.07) is 10.4. The zero-order valence-corrected chi connectivity index (χ0v) is 15.3. The largest absolute Gasteiger partial charge is 0.367 e. The lowest BCUT2D eigenvalue weighted by molar-refractivity contribution is -0.384. The molecule has 0 atom stereocenters. The van der Waals surface area contributed by atoms with Gasteiger partial charge in [-0.15, -0.1) is 0 Å². The molecule has 144 valence electrons. The number of carbonyl (C=O) groups is 3. The van der Waals surface area contributed by atoms with Crippen LogP contribution >= 0.6 is 0 Å². The molecule has 9 heteroatoms. The molecule has 0 bridgehead atoms. The van der Waals surface area contributed by atoms with Crippen LogP contribution < -0.4 is 5.32 Å². The first-order valence-electron chi connectivity index (χ1n) is 8.44. The van der Waals surface area contributed by atoms with E-state index in [1.54, 1.807) is 43.3 Å². The zero-order valence-electron chi connectivity index (χ0n) is 15.3. The predicted molar refractivity (Wildman–Crippen MR) is 101 cm³/mol. The van der Waals surface area contributed by atoms with Crippen LogP contribution in [0.15, 0.2) is 42.5 Å². The van der Waals surface area contributed by atoms with Gasteiger partial charge < -0.3 is 10.2 Å². The Kier molecular flexibility index (Phi) is 5.18. The van der Waals surface area contributed by atoms with Crippen LogP contribution in [0.2, 0.25) is 0 Å². The molecule has 1 aliphatic rings. The molecule has 0 aromatic heterocycles. The van der Waals surface area contributed by atoms with Crippen molar-refractivity contribution >= 4 is 29.0 Å². The Hall–Kier alpha value is -3.59. The molecule has 1 aliphatic heterocycles. The number of nitro groups is 1. The molecule has 0 unspecified atom stereocenters. The minimum absolute atomic E-state index is 0.0101. The third kappa shape index (κ3) is 3.74. The third-order valence-corrected chi connectivity index (χ3v) is 4.25. The maximum Gasteiger partial charge on any atom is 0.270 e. The second kappa shape index (κ2) is 7.57. The van der Waals surface area contributed by atoms with Gasteiger partial charge in [0, 0.05) is 23.4 Å². The zero-order chi connectivity index (χ0) is 20.4. The molecule has 0 saturated carbocycles. The van der Waals surface area contributed by atoms with Crippen LogP contribution in [0.3, 0.4) is 0 Å². The summed E-state index contributed by atoms with van der Waals surface area (Å²) in [6.45, 7) is 0.145. The minimum Gasteiger partial charge on any atom is -0.367 e. The lowest BCUT2D eigenvalue weighted by atomic mass is 10.1. The molecule has 3 rings (SSSR count). The number of fused-ring (bicyclic) bond motifs is 1. The number of benzene rings is 2. The van der Waals surface area contributed by atoms with Crippen molar-refractivity contribution in [2.75, 3.05) is 32.6 Å². The first-order chi connectivity index (χ1) is 13.3. The van der Waals surface area contributed by atoms with Gasteiger partial charge in [-0.1, -0.05) is 12.1 Å². The summed E-state index contributed by atoms with van der Waals surface area (Å²) in [5, 5.41) is 13.8. The Labute approximate surface area is 160 Å². The number of non-ortho nitro benzene ring substituents is 1. The third-order valence-electron chi connectivity index (χ3n) is 4.25. The quantitative estimate of drug-likeness (QED) is 0.337. The minimum atomic E-state index is -0.616. The van der Waals surface area contributed by atoms with Crippen LogP contribution in [0.1, 0.15) is 31.1 Å². The van der Waals surface area contributed by atoms with Gasteiger partial charge in [-0.25, -0.2) is 0 Å². The number of nitrogens with zero attached hydrogens (tertiary/aromatic N) is 3. The topological polar surface area (TPSA) is 113 Å². The van der Waals surface area contributed by atoms with Crippen LogP contribution in [0.25, 0.3) is 0 Å². The molecule has 0 spiro atoms. The fraction of sp³-hybridized carbons (Fsp3) is 0.211. The van der Waals surface area contributed by atoms with Crippen LogP contribution in [0, 0.1) is 10.1 Å². The number of nitrogens with one attached hydrogen (secondary N) is 1. The molecule has 2 aromatic rings. The summed E-state index contributed by atoms with van der Waals surface area (Å²) in [5.41, 5.74) is 0.980. The summed E-state index contributed by atoms with van der Waals surface area (Å²) in [7, 11) is 3.60. The maximum absolute atomic E-state index is 12.5. The average molecular weight is 382 g/mol. The Morgan fingerprint density at radius 3 is 2.50 bits per heavy atom. The van der Waals surface area contributed by atoms with Gasteiger partial charge in [0.05, 0.1) is 29.3 Å². The smallest absolute Gasteiger partial charge is 0.270 e. The van der Waals surface area contributed by atoms with Gasteiger partial charge in [0.25, 0.3) is 17.5 Å². The molecule has 28 heavy (non-hydrogen) atoms. The summed E-state index contributed by atoms with van der Waals surface area (Å²) in [5.74, 6) is -1.18. The number of ketones is 1. The number of carbonyl (C=O) groups excluding carboxylic acids is 3. The van der Waals surface area contributed by atoms with E-state index < -0.39 is 16.7 Å². The van der Waals surface area contributed by atoms with E-state index >= 15 is 0 Å². The van der Waals surface area contributed by atoms with Crippen molar-refractivity contribution in [3.8, 4) is 0 Å². The SMILES string of the molecule is CN(C)CC(=O)c1cccc(NCN2C(=O)c3ccc([N+](=O)[O-])cc3C2=O)c1. The van der Waals surface area contributed by atoms with Crippen LogP contribution in [-0.2, 0) is 0 Å². The average Bonchev–Trinajstić information content (AvgIpc) is 2.89. The first kappa shape index (κ1) is 19.2. The number of anilines is 1. The van der Waals surface area contributed by atoms with Gasteiger partial charge in [0.15, 0.2) is 5.78 Å². The Morgan fingerprint density at radius 1 is 1.11 bits per heavy atom. The van der Waals surface area contributed by atoms with Crippen molar-refractivity contribution in [1.82, 2.24) is 9.80 Å². The van der Waals surface area contributed by atoms with Crippen molar-refractivity contribution in [1.29, 1.82) is 0 Å². The number of likely N-dealkylation sites (N-methyl/N-ethyl adjacent to an activating group) is 1. The van der Waals surface area contributed by atoms with Crippen molar-refractivity contribution in [3.63, 3.8) is 0 Å². The molecular weight excluding hydrogens is 364 g/mol. The number of rotatable bonds is 7. The first-order valence-corrected chi connectivity index (χ1v) is 8.44. The fourth-order valence-electron chi connectivity index (χ4n) is 2.89. The molecule has 0 saturated heterocycles. The van der Waals surface area contributed by atoms with Gasteiger partial charge in [-0.2, -0.15) is 0 Å². The molecule has 0 aliphatic carbocycles. The number of hydrogen-bond acceptors (Lipinski definition) is 7. The second-order valence-electron chi connectivity index (χ2n) is 6.60. The van der Waals surface area contributed by atoms with E-state index in [9.17, 15) is 24.5 Å². The highest BCUT2D eigenvalue weighted by atomic mass is 16.6. The van der Waals surface area contributed by atoms with E-state index in [1.165, 1.54) is 12.1 Å². The summed E-state index contributed by atoms with van der Waals surface area (Å²) >= 11 is 0. The van der Waals surface area contributed by atoms with Crippen LogP contribution in [0.5, 0.6) is 0 Å². The van der Waals surface area contributed by atoms with Gasteiger partial charge in [-0.05, 0) is 32.3 Å². The number of Topliss-reactive ketones (excluding diaryl/α,β-unsaturated/α-hetero) is 1. The number of nitro benzene ring substituents is 1. The summed E-state index contributed by atoms with van der Waals surface area (Å²) in [6.07, 6.45) is 0. The van der Waals surface area contributed by atoms with Crippen molar-refractivity contribution in [2.45, 2.75) is 0 Å². The van der Waals surface area contributed by atoms with Crippen molar-refractivity contribution < 1.29 is 19.3 Å². The Morgan fingerprint density at radius 2 is 1.82 bits per heavy atom. The molecule has 9 nitrogen and oxygen atoms in total. The summed E-state index contributed by atoms with van der Waals surface area (Å²) < 4.78 is 0. The van der Waals surface area contributed by atoms with E-state index in [0.717, 1.165) is 11.0 Å².